The Morgan fingerprint density at radius 2 is 2.20 bits per heavy atom. The minimum absolute atomic E-state index is 0.0142. The molecule has 0 saturated carbocycles. The van der Waals surface area contributed by atoms with Crippen LogP contribution in [0, 0.1) is 5.92 Å². The maximum atomic E-state index is 13.1. The van der Waals surface area contributed by atoms with Crippen LogP contribution >= 0.6 is 15.9 Å². The van der Waals surface area contributed by atoms with Crippen LogP contribution in [-0.2, 0) is 11.0 Å². The zero-order valence-corrected chi connectivity index (χ0v) is 12.5. The zero-order valence-electron chi connectivity index (χ0n) is 10.9. The molecule has 1 atom stereocenters. The summed E-state index contributed by atoms with van der Waals surface area (Å²) in [7, 11) is 0. The van der Waals surface area contributed by atoms with E-state index >= 15 is 0 Å². The average Bonchev–Trinajstić information content (AvgIpc) is 2.37. The minimum atomic E-state index is -4.46. The molecule has 1 saturated heterocycles. The number of carbonyl (C=O) groups excluding carboxylic acids is 1. The second-order valence-corrected chi connectivity index (χ2v) is 5.83. The number of ketones is 1. The smallest absolute Gasteiger partial charge is 0.355 e. The van der Waals surface area contributed by atoms with E-state index in [-0.39, 0.29) is 22.0 Å². The summed E-state index contributed by atoms with van der Waals surface area (Å²) in [5.74, 6) is -0.290. The first-order valence-electron chi connectivity index (χ1n) is 6.27. The number of Topliss-reactive ketones (excluding diaryl/α,β-unsaturated/α-hetero) is 1. The van der Waals surface area contributed by atoms with Crippen molar-refractivity contribution in [1.29, 1.82) is 0 Å². The Balaban J connectivity index is 2.35. The first-order chi connectivity index (χ1) is 9.29. The van der Waals surface area contributed by atoms with Crippen LogP contribution in [0.5, 0.6) is 0 Å². The minimum Gasteiger partial charge on any atom is -0.355 e. The number of rotatable bonds is 2. The molecule has 0 radical (unpaired) electrons. The van der Waals surface area contributed by atoms with E-state index < -0.39 is 11.7 Å². The normalized spacial score (nSPS) is 20.1. The van der Waals surface area contributed by atoms with Crippen molar-refractivity contribution < 1.29 is 18.0 Å². The van der Waals surface area contributed by atoms with Crippen LogP contribution in [0.1, 0.15) is 25.3 Å². The molecule has 1 aliphatic heterocycles. The second kappa shape index (κ2) is 5.71. The highest BCUT2D eigenvalue weighted by Crippen LogP contribution is 2.38. The molecule has 2 heterocycles. The molecule has 0 N–H and O–H groups in total. The lowest BCUT2D eigenvalue weighted by molar-refractivity contribution is -0.137. The molecular formula is C13H14BrF3N2O. The van der Waals surface area contributed by atoms with E-state index in [0.717, 1.165) is 12.5 Å². The molecule has 1 aromatic rings. The van der Waals surface area contributed by atoms with E-state index in [9.17, 15) is 18.0 Å². The first kappa shape index (κ1) is 15.3. The van der Waals surface area contributed by atoms with Gasteiger partial charge in [-0.25, -0.2) is 4.98 Å². The Bertz CT molecular complexity index is 519. The monoisotopic (exact) mass is 350 g/mol. The van der Waals surface area contributed by atoms with Crippen molar-refractivity contribution in [1.82, 2.24) is 4.98 Å². The average molecular weight is 351 g/mol. The van der Waals surface area contributed by atoms with Crippen LogP contribution in [0.2, 0.25) is 0 Å². The van der Waals surface area contributed by atoms with Crippen molar-refractivity contribution >= 4 is 27.5 Å². The Morgan fingerprint density at radius 3 is 2.80 bits per heavy atom. The highest BCUT2D eigenvalue weighted by molar-refractivity contribution is 9.10. The van der Waals surface area contributed by atoms with E-state index in [0.29, 0.717) is 19.5 Å². The summed E-state index contributed by atoms with van der Waals surface area (Å²) in [6.45, 7) is 2.27. The van der Waals surface area contributed by atoms with E-state index in [1.54, 1.807) is 4.90 Å². The van der Waals surface area contributed by atoms with Crippen LogP contribution in [0.25, 0.3) is 0 Å². The summed E-state index contributed by atoms with van der Waals surface area (Å²) in [5.41, 5.74) is -0.768. The summed E-state index contributed by atoms with van der Waals surface area (Å²) < 4.78 is 39.5. The molecule has 1 aromatic heterocycles. The van der Waals surface area contributed by atoms with E-state index in [1.807, 2.05) is 0 Å². The van der Waals surface area contributed by atoms with Gasteiger partial charge >= 0.3 is 6.18 Å². The summed E-state index contributed by atoms with van der Waals surface area (Å²) in [6.07, 6.45) is -1.69. The molecule has 110 valence electrons. The molecule has 0 aromatic carbocycles. The Kier molecular flexibility index (Phi) is 4.36. The predicted octanol–water partition coefficient (Wildman–Crippen LogP) is 3.67. The third kappa shape index (κ3) is 3.31. The number of hydrogen-bond donors (Lipinski definition) is 0. The number of piperidine rings is 1. The fraction of sp³-hybridized carbons (Fsp3) is 0.538. The molecule has 0 spiro atoms. The first-order valence-corrected chi connectivity index (χ1v) is 7.06. The Morgan fingerprint density at radius 1 is 1.50 bits per heavy atom. The van der Waals surface area contributed by atoms with Crippen LogP contribution < -0.4 is 4.90 Å². The van der Waals surface area contributed by atoms with E-state index in [1.165, 1.54) is 13.1 Å². The predicted molar refractivity (Wildman–Crippen MR) is 72.6 cm³/mol. The van der Waals surface area contributed by atoms with Crippen LogP contribution in [0.3, 0.4) is 0 Å². The summed E-state index contributed by atoms with van der Waals surface area (Å²) >= 11 is 3.01. The second-order valence-electron chi connectivity index (χ2n) is 4.92. The van der Waals surface area contributed by atoms with E-state index in [4.69, 9.17) is 0 Å². The van der Waals surface area contributed by atoms with Crippen molar-refractivity contribution in [2.45, 2.75) is 25.9 Å². The number of anilines is 1. The number of aromatic nitrogens is 1. The molecule has 20 heavy (non-hydrogen) atoms. The third-order valence-corrected chi connectivity index (χ3v) is 3.87. The van der Waals surface area contributed by atoms with Gasteiger partial charge < -0.3 is 4.90 Å². The largest absolute Gasteiger partial charge is 0.419 e. The van der Waals surface area contributed by atoms with Crippen LogP contribution in [0.4, 0.5) is 19.0 Å². The van der Waals surface area contributed by atoms with Gasteiger partial charge in [0.25, 0.3) is 0 Å². The SMILES string of the molecule is CC(=O)C1CCCN(c2ncc(Br)cc2C(F)(F)F)C1. The number of pyridine rings is 1. The summed E-state index contributed by atoms with van der Waals surface area (Å²) in [5, 5.41) is 0. The maximum absolute atomic E-state index is 13.1. The molecule has 1 aliphatic rings. The van der Waals surface area contributed by atoms with Crippen LogP contribution in [0.15, 0.2) is 16.7 Å². The van der Waals surface area contributed by atoms with Gasteiger partial charge in [0.15, 0.2) is 0 Å². The zero-order chi connectivity index (χ0) is 14.9. The fourth-order valence-corrected chi connectivity index (χ4v) is 2.73. The van der Waals surface area contributed by atoms with Gasteiger partial charge in [0.05, 0.1) is 5.56 Å². The molecule has 0 amide bonds. The van der Waals surface area contributed by atoms with Gasteiger partial charge in [-0.1, -0.05) is 0 Å². The van der Waals surface area contributed by atoms with Crippen molar-refractivity contribution in [3.8, 4) is 0 Å². The number of carbonyl (C=O) groups is 1. The molecule has 0 bridgehead atoms. The molecule has 0 aliphatic carbocycles. The van der Waals surface area contributed by atoms with Crippen molar-refractivity contribution in [3.05, 3.63) is 22.3 Å². The van der Waals surface area contributed by atoms with Crippen molar-refractivity contribution in [3.63, 3.8) is 0 Å². The Labute approximate surface area is 123 Å². The quantitative estimate of drug-likeness (QED) is 0.815. The number of hydrogen-bond acceptors (Lipinski definition) is 3. The summed E-state index contributed by atoms with van der Waals surface area (Å²) in [4.78, 5) is 16.9. The fourth-order valence-electron chi connectivity index (χ4n) is 2.39. The highest BCUT2D eigenvalue weighted by atomic mass is 79.9. The van der Waals surface area contributed by atoms with Crippen LogP contribution in [-0.4, -0.2) is 23.9 Å². The molecular weight excluding hydrogens is 337 g/mol. The topological polar surface area (TPSA) is 33.2 Å². The maximum Gasteiger partial charge on any atom is 0.419 e. The van der Waals surface area contributed by atoms with Crippen molar-refractivity contribution in [2.75, 3.05) is 18.0 Å². The lowest BCUT2D eigenvalue weighted by atomic mass is 9.94. The Hall–Kier alpha value is -1.11. The highest BCUT2D eigenvalue weighted by Gasteiger charge is 2.37. The van der Waals surface area contributed by atoms with Gasteiger partial charge in [-0.3, -0.25) is 4.79 Å². The van der Waals surface area contributed by atoms with Gasteiger partial charge in [0.1, 0.15) is 11.6 Å². The molecule has 1 unspecified atom stereocenters. The number of nitrogens with zero attached hydrogens (tertiary/aromatic N) is 2. The van der Waals surface area contributed by atoms with Gasteiger partial charge in [0, 0.05) is 29.7 Å². The number of alkyl halides is 3. The van der Waals surface area contributed by atoms with Gasteiger partial charge in [0.2, 0.25) is 0 Å². The molecule has 1 fully saturated rings. The molecule has 3 nitrogen and oxygen atoms in total. The number of halogens is 4. The van der Waals surface area contributed by atoms with Gasteiger partial charge in [-0.2, -0.15) is 13.2 Å². The van der Waals surface area contributed by atoms with Crippen molar-refractivity contribution in [2.24, 2.45) is 5.92 Å². The summed E-state index contributed by atoms with van der Waals surface area (Å²) in [6, 6.07) is 1.03. The van der Waals surface area contributed by atoms with E-state index in [2.05, 4.69) is 20.9 Å². The molecule has 7 heteroatoms. The standard InChI is InChI=1S/C13H14BrF3N2O/c1-8(20)9-3-2-4-19(7-9)12-11(13(15,16)17)5-10(14)6-18-12/h5-6,9H,2-4,7H2,1H3. The van der Waals surface area contributed by atoms with Gasteiger partial charge in [-0.05, 0) is 41.8 Å². The van der Waals surface area contributed by atoms with Gasteiger partial charge in [-0.15, -0.1) is 0 Å². The molecule has 2 rings (SSSR count). The lowest BCUT2D eigenvalue weighted by Gasteiger charge is -2.33. The lowest BCUT2D eigenvalue weighted by Crippen LogP contribution is -2.39. The third-order valence-electron chi connectivity index (χ3n) is 3.43.